The molecule has 11 atom stereocenters. The molecule has 11 unspecified atom stereocenters. The molecule has 0 aromatic heterocycles. The number of nitrogens with one attached hydrogen (secondary N) is 8. The molecule has 0 aromatic carbocycles. The lowest BCUT2D eigenvalue weighted by Gasteiger charge is -2.20. The van der Waals surface area contributed by atoms with Crippen molar-refractivity contribution in [1.29, 1.82) is 0 Å². The molecule has 80 heavy (non-hydrogen) atoms. The van der Waals surface area contributed by atoms with Crippen molar-refractivity contribution in [2.45, 2.75) is 313 Å². The first kappa shape index (κ1) is 48.2. The van der Waals surface area contributed by atoms with Gasteiger partial charge in [0.15, 0.2) is 0 Å². The average Bonchev–Trinajstić information content (AvgIpc) is 1.54. The van der Waals surface area contributed by atoms with Crippen LogP contribution in [0.5, 0.6) is 0 Å². The Hall–Kier alpha value is -4.24. The molecule has 0 aromatic rings. The van der Waals surface area contributed by atoms with Crippen LogP contribution >= 0.6 is 0 Å². The van der Waals surface area contributed by atoms with Crippen LogP contribution in [-0.2, 0) is 38.4 Å². The van der Waals surface area contributed by atoms with E-state index >= 15 is 0 Å². The van der Waals surface area contributed by atoms with Crippen molar-refractivity contribution in [3.05, 3.63) is 0 Å². The summed E-state index contributed by atoms with van der Waals surface area (Å²) in [5.41, 5.74) is -2.31. The lowest BCUT2D eigenvalue weighted by Crippen LogP contribution is -2.41. The van der Waals surface area contributed by atoms with Gasteiger partial charge < -0.3 is 42.5 Å². The van der Waals surface area contributed by atoms with E-state index in [1.165, 1.54) is 0 Å². The van der Waals surface area contributed by atoms with Crippen LogP contribution in [-0.4, -0.2) is 91.6 Å². The Morgan fingerprint density at radius 1 is 0.250 bits per heavy atom. The van der Waals surface area contributed by atoms with Gasteiger partial charge in [0.25, 0.3) is 0 Å². The second-order valence-electron chi connectivity index (χ2n) is 29.2. The molecule has 0 saturated heterocycles. The maximum atomic E-state index is 11.5. The number of carbonyl (C=O) groups excluding carboxylic acids is 8. The molecule has 8 fully saturated rings. The van der Waals surface area contributed by atoms with Gasteiger partial charge in [-0.05, 0) is 269 Å². The van der Waals surface area contributed by atoms with E-state index in [9.17, 15) is 38.4 Å². The Morgan fingerprint density at radius 2 is 0.475 bits per heavy atom. The van der Waals surface area contributed by atoms with Gasteiger partial charge in [0.05, 0.1) is 0 Å². The molecule has 0 aliphatic heterocycles. The predicted molar refractivity (Wildman–Crippen MR) is 325 cm³/mol. The van der Waals surface area contributed by atoms with E-state index in [4.69, 9.17) is 24.7 Å². The topological polar surface area (TPSA) is 233 Å². The monoisotopic (exact) mass is 1150 g/mol. The Bertz CT molecular complexity index is 2730. The Labute approximate surface area is 512 Å². The Morgan fingerprint density at radius 3 is 0.675 bits per heavy atom. The summed E-state index contributed by atoms with van der Waals surface area (Å²) in [4.78, 5) is 90.6. The molecule has 8 aliphatic carbocycles. The normalized spacial score (nSPS) is 36.0. The lowest BCUT2D eigenvalue weighted by molar-refractivity contribution is -0.124. The van der Waals surface area contributed by atoms with Crippen LogP contribution in [0.2, 0.25) is 0 Å². The van der Waals surface area contributed by atoms with Gasteiger partial charge in [0.2, 0.25) is 47.3 Å². The highest BCUT2D eigenvalue weighted by atomic mass is 16.2. The highest BCUT2D eigenvalue weighted by molar-refractivity contribution is 5.84. The zero-order chi connectivity index (χ0) is 78.2. The summed E-state index contributed by atoms with van der Waals surface area (Å²) in [5, 5.41) is 21.8. The highest BCUT2D eigenvalue weighted by Gasteiger charge is 2.36. The molecule has 8 rings (SSSR count). The van der Waals surface area contributed by atoms with Crippen molar-refractivity contribution in [2.24, 2.45) is 47.3 Å². The fraction of sp³-hybridized carbons (Fsp3) is 0.875. The molecular weight excluding hydrogens is 1010 g/mol. The summed E-state index contributed by atoms with van der Waals surface area (Å²) in [6.45, 7) is 44.9. The maximum absolute atomic E-state index is 11.5. The second-order valence-corrected chi connectivity index (χ2v) is 29.2. The van der Waals surface area contributed by atoms with E-state index in [0.717, 1.165) is 19.3 Å². The van der Waals surface area contributed by atoms with E-state index in [2.05, 4.69) is 42.5 Å². The standard InChI is InChI=1S/8C8H15NO/c8*1-8(2,3)9-7(10)6-4-5-6/h8*6H,4-5H2,1-3H3,(H,9,10)/i4D,6D;4D2,5D2;2*4D,5D2;4D,5D;6D;4D2;4D. The fourth-order valence-electron chi connectivity index (χ4n) is 5.41. The van der Waals surface area contributed by atoms with Crippen LogP contribution in [0, 0.1) is 47.3 Å². The molecule has 8 saturated carbocycles. The van der Waals surface area contributed by atoms with Crippen LogP contribution in [0.1, 0.15) is 293 Å². The molecule has 16 heteroatoms. The first-order valence-corrected chi connectivity index (χ1v) is 28.0. The largest absolute Gasteiger partial charge is 0.351 e. The number of hydrogen-bond donors (Lipinski definition) is 8. The van der Waals surface area contributed by atoms with Crippen molar-refractivity contribution in [3.8, 4) is 0 Å². The molecule has 464 valence electrons. The number of carbonyl (C=O) groups is 8. The van der Waals surface area contributed by atoms with Gasteiger partial charge in [0.1, 0.15) is 0 Å². The Balaban J connectivity index is 0.000000561. The molecule has 16 nitrogen and oxygen atoms in total. The fourth-order valence-corrected chi connectivity index (χ4v) is 5.41. The molecule has 8 amide bonds. The minimum atomic E-state index is -2.03. The van der Waals surface area contributed by atoms with Gasteiger partial charge in [-0.15, -0.1) is 0 Å². The van der Waals surface area contributed by atoms with Gasteiger partial charge in [-0.2, -0.15) is 0 Å². The van der Waals surface area contributed by atoms with E-state index in [-0.39, 0.29) is 92.4 Å². The van der Waals surface area contributed by atoms with Gasteiger partial charge in [-0.1, -0.05) is 0 Å². The van der Waals surface area contributed by atoms with Crippen LogP contribution in [0.4, 0.5) is 0 Å². The number of hydrogen-bond acceptors (Lipinski definition) is 8. The highest BCUT2D eigenvalue weighted by Crippen LogP contribution is 2.33. The van der Waals surface area contributed by atoms with Gasteiger partial charge in [-0.3, -0.25) is 38.4 Å². The van der Waals surface area contributed by atoms with E-state index < -0.39 is 117 Å². The maximum Gasteiger partial charge on any atom is 0.223 e. The summed E-state index contributed by atoms with van der Waals surface area (Å²) in [7, 11) is 0. The van der Waals surface area contributed by atoms with E-state index in [1.807, 2.05) is 145 Å². The zero-order valence-electron chi connectivity index (χ0n) is 71.2. The van der Waals surface area contributed by atoms with Crippen LogP contribution < -0.4 is 42.5 Å². The van der Waals surface area contributed by atoms with Gasteiger partial charge in [-0.25, -0.2) is 0 Å². The van der Waals surface area contributed by atoms with Crippen molar-refractivity contribution in [2.75, 3.05) is 0 Å². The van der Waals surface area contributed by atoms with Crippen LogP contribution in [0.25, 0.3) is 0 Å². The van der Waals surface area contributed by atoms with Gasteiger partial charge in [0, 0.05) is 116 Å². The third-order valence-electron chi connectivity index (χ3n) is 9.49. The number of amides is 8. The summed E-state index contributed by atoms with van der Waals surface area (Å²) < 4.78 is 131. The van der Waals surface area contributed by atoms with E-state index in [0.29, 0.717) is 12.8 Å². The third-order valence-corrected chi connectivity index (χ3v) is 9.49. The minimum Gasteiger partial charge on any atom is -0.351 e. The molecule has 0 heterocycles. The quantitative estimate of drug-likeness (QED) is 0.116. The van der Waals surface area contributed by atoms with Crippen LogP contribution in [0.3, 0.4) is 0 Å². The van der Waals surface area contributed by atoms with E-state index in [1.54, 1.807) is 20.8 Å². The Kier molecular flexibility index (Phi) is 18.3. The number of rotatable bonds is 8. The van der Waals surface area contributed by atoms with Crippen molar-refractivity contribution < 1.29 is 63.0 Å². The summed E-state index contributed by atoms with van der Waals surface area (Å²) >= 11 is 0. The summed E-state index contributed by atoms with van der Waals surface area (Å²) in [5.74, 6) is -7.49. The average molecular weight is 1150 g/mol. The predicted octanol–water partition coefficient (Wildman–Crippen LogP) is 10.5. The second kappa shape index (κ2) is 30.4. The third kappa shape index (κ3) is 46.4. The van der Waals surface area contributed by atoms with Crippen molar-refractivity contribution in [1.82, 2.24) is 42.5 Å². The first-order valence-electron chi connectivity index (χ1n) is 37.4. The molecular formula is C64H120N8O8. The molecule has 8 aliphatic rings. The smallest absolute Gasteiger partial charge is 0.223 e. The molecule has 0 spiro atoms. The molecule has 0 radical (unpaired) electrons. The molecule has 0 bridgehead atoms. The van der Waals surface area contributed by atoms with Crippen molar-refractivity contribution in [3.63, 3.8) is 0 Å². The zero-order valence-corrected chi connectivity index (χ0v) is 53.2. The van der Waals surface area contributed by atoms with Crippen molar-refractivity contribution >= 4 is 47.3 Å². The van der Waals surface area contributed by atoms with Crippen LogP contribution in [0.15, 0.2) is 0 Å². The lowest BCUT2D eigenvalue weighted by atomic mass is 10.1. The summed E-state index contributed by atoms with van der Waals surface area (Å²) in [6.07, 6.45) is -9.12. The minimum absolute atomic E-state index is 0.0331. The molecule has 8 N–H and O–H groups in total. The first-order chi connectivity index (χ1) is 42.9. The van der Waals surface area contributed by atoms with Gasteiger partial charge >= 0.3 is 0 Å². The SMILES string of the molecule is [2H]C1(C(=O)NC(C)(C)C)CC1.[2H]C1([2H])C(C(=O)NC(C)(C)C)C1([2H])[2H].[2H]C1([2H])CC1C(=O)NC(C)(C)C.[2H]C1C(C(=O)NC(C)(C)C)C1([2H])[2H].[2H]C1C(C(=O)NC(C)(C)C)C1([2H])[2H].[2H]C1C([2H])C1C(=O)NC(C)(C)C.[2H]C1CC1([2H])C(=O)NC(C)(C)C.[2H]C1CC1C(=O)NC(C)(C)C. The summed E-state index contributed by atoms with van der Waals surface area (Å²) in [6, 6.07) is 0.